The van der Waals surface area contributed by atoms with Gasteiger partial charge in [0.25, 0.3) is 5.91 Å². The van der Waals surface area contributed by atoms with Crippen LogP contribution >= 0.6 is 23.2 Å². The van der Waals surface area contributed by atoms with Crippen LogP contribution in [0.1, 0.15) is 51.2 Å². The molecule has 0 saturated carbocycles. The van der Waals surface area contributed by atoms with Gasteiger partial charge in [0.05, 0.1) is 10.7 Å². The molecule has 9 heteroatoms. The van der Waals surface area contributed by atoms with Crippen LogP contribution in [0.4, 0.5) is 10.1 Å². The molecule has 0 bridgehead atoms. The Labute approximate surface area is 225 Å². The van der Waals surface area contributed by atoms with Crippen LogP contribution < -0.4 is 9.64 Å². The summed E-state index contributed by atoms with van der Waals surface area (Å²) >= 11 is 11.9. The summed E-state index contributed by atoms with van der Waals surface area (Å²) in [4.78, 5) is 40.3. The lowest BCUT2D eigenvalue weighted by Gasteiger charge is -2.26. The molecule has 0 saturated heterocycles. The van der Waals surface area contributed by atoms with E-state index >= 15 is 4.39 Å². The SMILES string of the molecule is C#CC(C)Oc1cc(N(C(=O)CCl)C(=O)C2=C(C(=O)OC(C)c3ccccc3)CCCC2)c(F)cc1Cl. The fourth-order valence-corrected chi connectivity index (χ4v) is 4.26. The molecule has 3 rings (SSSR count). The first-order valence-corrected chi connectivity index (χ1v) is 12.6. The van der Waals surface area contributed by atoms with Crippen molar-refractivity contribution >= 4 is 46.7 Å². The summed E-state index contributed by atoms with van der Waals surface area (Å²) in [6.07, 6.45) is 5.82. The maximum atomic E-state index is 15.1. The Morgan fingerprint density at radius 1 is 1.11 bits per heavy atom. The van der Waals surface area contributed by atoms with Crippen LogP contribution in [0.25, 0.3) is 0 Å². The number of benzene rings is 2. The van der Waals surface area contributed by atoms with Crippen LogP contribution in [0.5, 0.6) is 5.75 Å². The first-order valence-electron chi connectivity index (χ1n) is 11.7. The highest BCUT2D eigenvalue weighted by molar-refractivity contribution is 6.35. The largest absolute Gasteiger partial charge is 0.476 e. The van der Waals surface area contributed by atoms with E-state index in [9.17, 15) is 14.4 Å². The summed E-state index contributed by atoms with van der Waals surface area (Å²) in [5.41, 5.74) is 0.598. The van der Waals surface area contributed by atoms with E-state index in [1.807, 2.05) is 30.3 Å². The smallest absolute Gasteiger partial charge is 0.335 e. The molecule has 1 aliphatic rings. The summed E-state index contributed by atoms with van der Waals surface area (Å²) in [7, 11) is 0. The zero-order valence-electron chi connectivity index (χ0n) is 20.4. The van der Waals surface area contributed by atoms with Gasteiger partial charge in [-0.25, -0.2) is 14.1 Å². The number of amides is 2. The zero-order chi connectivity index (χ0) is 27.1. The van der Waals surface area contributed by atoms with Gasteiger partial charge < -0.3 is 9.47 Å². The molecule has 0 aromatic heterocycles. The summed E-state index contributed by atoms with van der Waals surface area (Å²) in [6, 6.07) is 11.2. The van der Waals surface area contributed by atoms with E-state index < -0.39 is 47.4 Å². The summed E-state index contributed by atoms with van der Waals surface area (Å²) in [5.74, 6) is -1.62. The summed E-state index contributed by atoms with van der Waals surface area (Å²) in [6.45, 7) is 3.30. The number of ether oxygens (including phenoxy) is 2. The monoisotopic (exact) mass is 545 g/mol. The number of halogens is 3. The number of alkyl halides is 1. The molecule has 0 N–H and O–H groups in total. The average molecular weight is 546 g/mol. The van der Waals surface area contributed by atoms with Crippen molar-refractivity contribution in [3.05, 3.63) is 70.0 Å². The highest BCUT2D eigenvalue weighted by atomic mass is 35.5. The second-order valence-corrected chi connectivity index (χ2v) is 9.13. The summed E-state index contributed by atoms with van der Waals surface area (Å²) < 4.78 is 26.2. The topological polar surface area (TPSA) is 72.9 Å². The van der Waals surface area contributed by atoms with Gasteiger partial charge in [0.1, 0.15) is 23.6 Å². The molecular formula is C28H26Cl2FNO5. The van der Waals surface area contributed by atoms with E-state index in [1.165, 1.54) is 0 Å². The summed E-state index contributed by atoms with van der Waals surface area (Å²) in [5, 5.41) is -0.0925. The van der Waals surface area contributed by atoms with E-state index in [2.05, 4.69) is 5.92 Å². The number of terminal acetylenes is 1. The van der Waals surface area contributed by atoms with E-state index in [4.69, 9.17) is 39.1 Å². The number of hydrogen-bond acceptors (Lipinski definition) is 5. The van der Waals surface area contributed by atoms with Crippen LogP contribution in [0.15, 0.2) is 53.6 Å². The highest BCUT2D eigenvalue weighted by Gasteiger charge is 2.34. The Hall–Kier alpha value is -3.34. The van der Waals surface area contributed by atoms with Crippen molar-refractivity contribution in [2.75, 3.05) is 10.8 Å². The maximum Gasteiger partial charge on any atom is 0.335 e. The molecule has 0 radical (unpaired) electrons. The van der Waals surface area contributed by atoms with Crippen LogP contribution in [-0.2, 0) is 19.1 Å². The van der Waals surface area contributed by atoms with Gasteiger partial charge in [0, 0.05) is 17.2 Å². The van der Waals surface area contributed by atoms with Crippen molar-refractivity contribution < 1.29 is 28.2 Å². The maximum absolute atomic E-state index is 15.1. The molecule has 0 heterocycles. The highest BCUT2D eigenvalue weighted by Crippen LogP contribution is 2.36. The fraction of sp³-hybridized carbons (Fsp3) is 0.321. The van der Waals surface area contributed by atoms with Crippen molar-refractivity contribution in [2.24, 2.45) is 0 Å². The van der Waals surface area contributed by atoms with Crippen molar-refractivity contribution in [3.63, 3.8) is 0 Å². The third kappa shape index (κ3) is 6.71. The van der Waals surface area contributed by atoms with Gasteiger partial charge in [0.2, 0.25) is 5.91 Å². The Morgan fingerprint density at radius 3 is 2.38 bits per heavy atom. The van der Waals surface area contributed by atoms with Gasteiger partial charge in [-0.3, -0.25) is 9.59 Å². The number of rotatable bonds is 8. The first kappa shape index (κ1) is 28.2. The molecule has 194 valence electrons. The molecule has 2 amide bonds. The molecular weight excluding hydrogens is 520 g/mol. The quantitative estimate of drug-likeness (QED) is 0.226. The second kappa shape index (κ2) is 12.8. The number of carbonyl (C=O) groups is 3. The predicted octanol–water partition coefficient (Wildman–Crippen LogP) is 6.15. The minimum atomic E-state index is -0.948. The predicted molar refractivity (Wildman–Crippen MR) is 140 cm³/mol. The lowest BCUT2D eigenvalue weighted by Crippen LogP contribution is -2.40. The number of imide groups is 1. The molecule has 6 nitrogen and oxygen atoms in total. The van der Waals surface area contributed by atoms with E-state index in [0.29, 0.717) is 17.7 Å². The number of nitrogens with zero attached hydrogens (tertiary/aromatic N) is 1. The molecule has 2 aromatic carbocycles. The number of hydrogen-bond donors (Lipinski definition) is 0. The van der Waals surface area contributed by atoms with Gasteiger partial charge in [-0.2, -0.15) is 0 Å². The molecule has 0 aliphatic heterocycles. The van der Waals surface area contributed by atoms with E-state index in [1.54, 1.807) is 13.8 Å². The molecule has 2 aromatic rings. The Bertz CT molecular complexity index is 1260. The Kier molecular flexibility index (Phi) is 9.73. The standard InChI is InChI=1S/C28H26Cl2FNO5/c1-4-17(2)36-25-15-24(23(31)14-22(25)30)32(26(33)16-29)27(34)20-12-8-9-13-21(20)28(35)37-18(3)19-10-6-5-7-11-19/h1,5-7,10-11,14-15,17-18H,8-9,12-13,16H2,2-3H3. The molecule has 0 spiro atoms. The lowest BCUT2D eigenvalue weighted by molar-refractivity contribution is -0.144. The molecule has 0 fully saturated rings. The number of anilines is 1. The first-order chi connectivity index (χ1) is 17.7. The van der Waals surface area contributed by atoms with Crippen LogP contribution in [0, 0.1) is 18.2 Å². The molecule has 2 unspecified atom stereocenters. The van der Waals surface area contributed by atoms with E-state index in [-0.39, 0.29) is 34.8 Å². The minimum Gasteiger partial charge on any atom is -0.476 e. The van der Waals surface area contributed by atoms with Crippen molar-refractivity contribution in [1.82, 2.24) is 0 Å². The zero-order valence-corrected chi connectivity index (χ0v) is 21.9. The number of carbonyl (C=O) groups excluding carboxylic acids is 3. The number of esters is 1. The second-order valence-electron chi connectivity index (χ2n) is 8.45. The molecule has 2 atom stereocenters. The van der Waals surface area contributed by atoms with Gasteiger partial charge >= 0.3 is 5.97 Å². The van der Waals surface area contributed by atoms with E-state index in [0.717, 1.165) is 17.7 Å². The Morgan fingerprint density at radius 2 is 1.76 bits per heavy atom. The minimum absolute atomic E-state index is 0.0161. The van der Waals surface area contributed by atoms with Gasteiger partial charge in [0.15, 0.2) is 6.10 Å². The van der Waals surface area contributed by atoms with Gasteiger partial charge in [-0.05, 0) is 51.2 Å². The third-order valence-electron chi connectivity index (χ3n) is 5.87. The van der Waals surface area contributed by atoms with Crippen molar-refractivity contribution in [1.29, 1.82) is 0 Å². The molecule has 1 aliphatic carbocycles. The van der Waals surface area contributed by atoms with Crippen LogP contribution in [-0.4, -0.2) is 29.8 Å². The van der Waals surface area contributed by atoms with Crippen molar-refractivity contribution in [3.8, 4) is 18.1 Å². The average Bonchev–Trinajstić information content (AvgIpc) is 2.91. The Balaban J connectivity index is 2.01. The van der Waals surface area contributed by atoms with Crippen LogP contribution in [0.2, 0.25) is 5.02 Å². The van der Waals surface area contributed by atoms with Crippen LogP contribution in [0.3, 0.4) is 0 Å². The normalized spacial score (nSPS) is 14.8. The van der Waals surface area contributed by atoms with Gasteiger partial charge in [-0.15, -0.1) is 18.0 Å². The third-order valence-corrected chi connectivity index (χ3v) is 6.40. The van der Waals surface area contributed by atoms with Crippen molar-refractivity contribution in [2.45, 2.75) is 51.7 Å². The molecule has 37 heavy (non-hydrogen) atoms. The fourth-order valence-electron chi connectivity index (χ4n) is 3.95. The van der Waals surface area contributed by atoms with Gasteiger partial charge in [-0.1, -0.05) is 47.9 Å². The lowest BCUT2D eigenvalue weighted by atomic mass is 9.90.